The monoisotopic (exact) mass is 244 g/mol. The van der Waals surface area contributed by atoms with Gasteiger partial charge in [-0.15, -0.1) is 0 Å². The van der Waals surface area contributed by atoms with Gasteiger partial charge in [-0.2, -0.15) is 0 Å². The van der Waals surface area contributed by atoms with Gasteiger partial charge in [-0.1, -0.05) is 0 Å². The van der Waals surface area contributed by atoms with Crippen LogP contribution in [-0.2, 0) is 9.53 Å². The van der Waals surface area contributed by atoms with Gasteiger partial charge >= 0.3 is 5.97 Å². The zero-order valence-electron chi connectivity index (χ0n) is 5.35. The van der Waals surface area contributed by atoms with Gasteiger partial charge in [0.15, 0.2) is 5.60 Å². The smallest absolute Gasteiger partial charge is 0.338 e. The average Bonchev–Trinajstić information content (AvgIpc) is 1.64. The summed E-state index contributed by atoms with van der Waals surface area (Å²) in [4.78, 5) is 10.6. The molecule has 0 aliphatic heterocycles. The Morgan fingerprint density at radius 3 is 2.33 bits per heavy atom. The van der Waals surface area contributed by atoms with E-state index in [1.165, 1.54) is 13.8 Å². The van der Waals surface area contributed by atoms with Gasteiger partial charge in [0.2, 0.25) is 0 Å². The van der Waals surface area contributed by atoms with E-state index in [-0.39, 0.29) is 4.61 Å². The molecule has 4 heteroatoms. The number of hydrogen-bond donors (Lipinski definition) is 1. The first-order valence-corrected chi connectivity index (χ1v) is 3.96. The molecule has 0 atom stereocenters. The van der Waals surface area contributed by atoms with Crippen molar-refractivity contribution in [2.75, 3.05) is 4.61 Å². The number of rotatable bonds is 2. The van der Waals surface area contributed by atoms with Crippen LogP contribution in [0.25, 0.3) is 0 Å². The number of esters is 1. The summed E-state index contributed by atoms with van der Waals surface area (Å²) < 4.78 is 4.78. The molecule has 0 spiro atoms. The van der Waals surface area contributed by atoms with Crippen molar-refractivity contribution in [2.45, 2.75) is 19.4 Å². The molecule has 0 aromatic rings. The molecule has 0 rings (SSSR count). The zero-order chi connectivity index (χ0) is 7.49. The highest BCUT2D eigenvalue weighted by Gasteiger charge is 2.24. The summed E-state index contributed by atoms with van der Waals surface area (Å²) in [7, 11) is 0. The maximum atomic E-state index is 10.6. The molecule has 0 radical (unpaired) electrons. The Bertz CT molecular complexity index is 105. The summed E-state index contributed by atoms with van der Waals surface area (Å²) in [6.45, 7) is 2.78. The molecule has 0 bridgehead atoms. The Morgan fingerprint density at radius 2 is 2.22 bits per heavy atom. The Morgan fingerprint density at radius 1 is 1.78 bits per heavy atom. The van der Waals surface area contributed by atoms with Crippen molar-refractivity contribution < 1.29 is 14.6 Å². The van der Waals surface area contributed by atoms with Crippen molar-refractivity contribution in [1.82, 2.24) is 0 Å². The van der Waals surface area contributed by atoms with Gasteiger partial charge in [-0.3, -0.25) is 0 Å². The highest BCUT2D eigenvalue weighted by molar-refractivity contribution is 14.1. The molecule has 0 saturated heterocycles. The van der Waals surface area contributed by atoms with Crippen LogP contribution >= 0.6 is 22.6 Å². The van der Waals surface area contributed by atoms with Crippen LogP contribution in [0.1, 0.15) is 13.8 Å². The number of ether oxygens (including phenoxy) is 1. The molecule has 0 saturated carbocycles. The number of carbonyl (C=O) groups is 1. The summed E-state index contributed by atoms with van der Waals surface area (Å²) in [6.07, 6.45) is 0. The number of hydrogen-bond acceptors (Lipinski definition) is 3. The van der Waals surface area contributed by atoms with Crippen molar-refractivity contribution in [3.8, 4) is 0 Å². The van der Waals surface area contributed by atoms with Crippen molar-refractivity contribution in [3.63, 3.8) is 0 Å². The quantitative estimate of drug-likeness (QED) is 0.441. The highest BCUT2D eigenvalue weighted by Crippen LogP contribution is 2.03. The topological polar surface area (TPSA) is 46.5 Å². The van der Waals surface area contributed by atoms with E-state index in [1.54, 1.807) is 0 Å². The summed E-state index contributed by atoms with van der Waals surface area (Å²) >= 11 is 1.89. The minimum atomic E-state index is -1.36. The lowest BCUT2D eigenvalue weighted by Crippen LogP contribution is -2.32. The fourth-order valence-corrected chi connectivity index (χ4v) is 0.509. The van der Waals surface area contributed by atoms with Crippen molar-refractivity contribution in [3.05, 3.63) is 0 Å². The van der Waals surface area contributed by atoms with Gasteiger partial charge in [0, 0.05) is 0 Å². The van der Waals surface area contributed by atoms with Crippen LogP contribution in [0, 0.1) is 0 Å². The third-order valence-electron chi connectivity index (χ3n) is 0.685. The molecule has 0 heterocycles. The lowest BCUT2D eigenvalue weighted by molar-refractivity contribution is -0.158. The van der Waals surface area contributed by atoms with Crippen LogP contribution in [0.5, 0.6) is 0 Å². The standard InChI is InChI=1S/C5H9IO3/c1-5(2,8)4(7)9-3-6/h8H,3H2,1-2H3. The number of halogens is 1. The molecule has 0 fully saturated rings. The third kappa shape index (κ3) is 3.69. The molecule has 0 aromatic heterocycles. The second-order valence-electron chi connectivity index (χ2n) is 2.10. The van der Waals surface area contributed by atoms with Crippen LogP contribution < -0.4 is 0 Å². The van der Waals surface area contributed by atoms with Crippen LogP contribution in [0.3, 0.4) is 0 Å². The minimum Gasteiger partial charge on any atom is -0.453 e. The Kier molecular flexibility index (Phi) is 3.42. The predicted molar refractivity (Wildman–Crippen MR) is 41.3 cm³/mol. The lowest BCUT2D eigenvalue weighted by Gasteiger charge is -2.13. The van der Waals surface area contributed by atoms with Crippen molar-refractivity contribution in [2.24, 2.45) is 0 Å². The first-order chi connectivity index (χ1) is 3.98. The molecule has 0 aliphatic carbocycles. The summed E-state index contributed by atoms with van der Waals surface area (Å²) in [5.74, 6) is -0.586. The van der Waals surface area contributed by atoms with Gasteiger partial charge in [-0.05, 0) is 36.4 Å². The van der Waals surface area contributed by atoms with Crippen LogP contribution in [0.4, 0.5) is 0 Å². The van der Waals surface area contributed by atoms with Gasteiger partial charge in [-0.25, -0.2) is 4.79 Å². The molecule has 9 heavy (non-hydrogen) atoms. The largest absolute Gasteiger partial charge is 0.453 e. The van der Waals surface area contributed by atoms with E-state index in [4.69, 9.17) is 5.11 Å². The van der Waals surface area contributed by atoms with Crippen molar-refractivity contribution in [1.29, 1.82) is 0 Å². The molecule has 3 nitrogen and oxygen atoms in total. The normalized spacial score (nSPS) is 11.1. The van der Waals surface area contributed by atoms with E-state index in [9.17, 15) is 4.79 Å². The summed E-state index contributed by atoms with van der Waals surface area (Å²) in [5, 5.41) is 8.94. The Labute approximate surface area is 67.5 Å². The Balaban J connectivity index is 3.74. The van der Waals surface area contributed by atoms with E-state index in [2.05, 4.69) is 4.74 Å². The molecule has 0 aliphatic rings. The minimum absolute atomic E-state index is 0.278. The van der Waals surface area contributed by atoms with E-state index in [0.717, 1.165) is 0 Å². The summed E-state index contributed by atoms with van der Waals surface area (Å²) in [6, 6.07) is 0. The second kappa shape index (κ2) is 3.36. The van der Waals surface area contributed by atoms with E-state index in [1.807, 2.05) is 22.6 Å². The number of aliphatic hydroxyl groups is 1. The molecular formula is C5H9IO3. The van der Waals surface area contributed by atoms with Crippen LogP contribution in [0.15, 0.2) is 0 Å². The molecule has 0 aromatic carbocycles. The molecular weight excluding hydrogens is 235 g/mol. The Hall–Kier alpha value is 0.160. The first-order valence-electron chi connectivity index (χ1n) is 2.44. The molecule has 54 valence electrons. The van der Waals surface area contributed by atoms with Gasteiger partial charge in [0.25, 0.3) is 0 Å². The van der Waals surface area contributed by atoms with Gasteiger partial charge in [0.05, 0.1) is 0 Å². The average molecular weight is 244 g/mol. The van der Waals surface area contributed by atoms with E-state index in [0.29, 0.717) is 0 Å². The van der Waals surface area contributed by atoms with E-state index < -0.39 is 11.6 Å². The second-order valence-corrected chi connectivity index (χ2v) is 2.72. The summed E-state index contributed by atoms with van der Waals surface area (Å²) in [5.41, 5.74) is -1.36. The van der Waals surface area contributed by atoms with Crippen LogP contribution in [-0.4, -0.2) is 21.3 Å². The fourth-order valence-electron chi connectivity index (χ4n) is 0.226. The SMILES string of the molecule is CC(C)(O)C(=O)OCI. The predicted octanol–water partition coefficient (Wildman–Crippen LogP) is 0.693. The van der Waals surface area contributed by atoms with Crippen LogP contribution in [0.2, 0.25) is 0 Å². The first kappa shape index (κ1) is 9.16. The zero-order valence-corrected chi connectivity index (χ0v) is 7.51. The maximum Gasteiger partial charge on any atom is 0.338 e. The maximum absolute atomic E-state index is 10.6. The molecule has 0 amide bonds. The van der Waals surface area contributed by atoms with E-state index >= 15 is 0 Å². The molecule has 1 N–H and O–H groups in total. The van der Waals surface area contributed by atoms with Gasteiger partial charge in [0.1, 0.15) is 4.61 Å². The number of alkyl halides is 1. The van der Waals surface area contributed by atoms with Crippen molar-refractivity contribution >= 4 is 28.6 Å². The third-order valence-corrected chi connectivity index (χ3v) is 0.997. The van der Waals surface area contributed by atoms with Gasteiger partial charge < -0.3 is 9.84 Å². The highest BCUT2D eigenvalue weighted by atomic mass is 127. The molecule has 0 unspecified atom stereocenters. The fraction of sp³-hybridized carbons (Fsp3) is 0.800. The number of carbonyl (C=O) groups excluding carboxylic acids is 1. The lowest BCUT2D eigenvalue weighted by atomic mass is 10.1.